The number of aromatic nitrogens is 1. The van der Waals surface area contributed by atoms with E-state index in [4.69, 9.17) is 0 Å². The summed E-state index contributed by atoms with van der Waals surface area (Å²) in [6, 6.07) is 12.4. The monoisotopic (exact) mass is 352 g/mol. The second-order valence-corrected chi connectivity index (χ2v) is 7.07. The van der Waals surface area contributed by atoms with Crippen LogP contribution in [0.15, 0.2) is 42.6 Å². The van der Waals surface area contributed by atoms with Gasteiger partial charge in [-0.1, -0.05) is 37.3 Å². The van der Waals surface area contributed by atoms with E-state index in [-0.39, 0.29) is 5.91 Å². The Bertz CT molecular complexity index is 726. The number of pyridine rings is 1. The first kappa shape index (κ1) is 18.4. The van der Waals surface area contributed by atoms with Crippen molar-refractivity contribution in [1.29, 1.82) is 0 Å². The molecule has 0 saturated carbocycles. The van der Waals surface area contributed by atoms with Crippen molar-refractivity contribution in [3.05, 3.63) is 59.3 Å². The molecule has 1 aliphatic heterocycles. The van der Waals surface area contributed by atoms with Gasteiger partial charge >= 0.3 is 0 Å². The van der Waals surface area contributed by atoms with Gasteiger partial charge in [0.15, 0.2) is 0 Å². The standard InChI is InChI=1S/C21H28N4O/c1-3-9-22-20-16(2)10-19(12-23-20)21(26)24-11-18-14-25(15-18)13-17-7-5-4-6-8-17/h4-8,10,12,18H,3,9,11,13-15H2,1-2H3,(H,22,23)(H,24,26). The molecule has 0 atom stereocenters. The topological polar surface area (TPSA) is 57.3 Å². The van der Waals surface area contributed by atoms with E-state index in [1.807, 2.05) is 19.1 Å². The van der Waals surface area contributed by atoms with Crippen LogP contribution in [-0.2, 0) is 6.54 Å². The summed E-state index contributed by atoms with van der Waals surface area (Å²) >= 11 is 0. The minimum absolute atomic E-state index is 0.0378. The van der Waals surface area contributed by atoms with Gasteiger partial charge in [-0.05, 0) is 30.5 Å². The van der Waals surface area contributed by atoms with Crippen LogP contribution in [0.2, 0.25) is 0 Å². The first-order valence-corrected chi connectivity index (χ1v) is 9.40. The normalized spacial score (nSPS) is 14.7. The van der Waals surface area contributed by atoms with Crippen LogP contribution in [0.3, 0.4) is 0 Å². The largest absolute Gasteiger partial charge is 0.370 e. The maximum atomic E-state index is 12.4. The smallest absolute Gasteiger partial charge is 0.252 e. The number of rotatable bonds is 8. The third-order valence-corrected chi connectivity index (χ3v) is 4.72. The molecular weight excluding hydrogens is 324 g/mol. The van der Waals surface area contributed by atoms with Crippen LogP contribution in [0.5, 0.6) is 0 Å². The molecule has 0 spiro atoms. The van der Waals surface area contributed by atoms with Crippen LogP contribution < -0.4 is 10.6 Å². The molecule has 1 aliphatic rings. The van der Waals surface area contributed by atoms with Crippen molar-refractivity contribution in [2.45, 2.75) is 26.8 Å². The highest BCUT2D eigenvalue weighted by molar-refractivity contribution is 5.94. The van der Waals surface area contributed by atoms with Gasteiger partial charge in [-0.25, -0.2) is 4.98 Å². The highest BCUT2D eigenvalue weighted by atomic mass is 16.1. The van der Waals surface area contributed by atoms with Gasteiger partial charge in [0.1, 0.15) is 5.82 Å². The third kappa shape index (κ3) is 4.82. The number of hydrogen-bond acceptors (Lipinski definition) is 4. The molecule has 1 aromatic carbocycles. The first-order valence-electron chi connectivity index (χ1n) is 9.40. The molecule has 0 bridgehead atoms. The highest BCUT2D eigenvalue weighted by Gasteiger charge is 2.26. The number of anilines is 1. The van der Waals surface area contributed by atoms with Crippen molar-refractivity contribution in [2.24, 2.45) is 5.92 Å². The predicted octanol–water partition coefficient (Wildman–Crippen LogP) is 3.07. The number of aryl methyl sites for hydroxylation is 1. The molecule has 0 unspecified atom stereocenters. The van der Waals surface area contributed by atoms with Crippen molar-refractivity contribution in [3.8, 4) is 0 Å². The number of amides is 1. The van der Waals surface area contributed by atoms with Gasteiger partial charge in [0.25, 0.3) is 5.91 Å². The fourth-order valence-electron chi connectivity index (χ4n) is 3.24. The van der Waals surface area contributed by atoms with Crippen LogP contribution in [0.25, 0.3) is 0 Å². The van der Waals surface area contributed by atoms with E-state index < -0.39 is 0 Å². The predicted molar refractivity (Wildman–Crippen MR) is 105 cm³/mol. The second kappa shape index (κ2) is 8.81. The number of carbonyl (C=O) groups is 1. The lowest BCUT2D eigenvalue weighted by molar-refractivity contribution is 0.0798. The Balaban J connectivity index is 1.41. The molecule has 5 nitrogen and oxygen atoms in total. The summed E-state index contributed by atoms with van der Waals surface area (Å²) < 4.78 is 0. The van der Waals surface area contributed by atoms with Gasteiger partial charge in [0.05, 0.1) is 5.56 Å². The number of likely N-dealkylation sites (tertiary alicyclic amines) is 1. The maximum absolute atomic E-state index is 12.4. The summed E-state index contributed by atoms with van der Waals surface area (Å²) in [5.74, 6) is 1.35. The Morgan fingerprint density at radius 2 is 2.04 bits per heavy atom. The molecule has 0 radical (unpaired) electrons. The zero-order chi connectivity index (χ0) is 18.4. The summed E-state index contributed by atoms with van der Waals surface area (Å²) in [4.78, 5) is 19.1. The fourth-order valence-corrected chi connectivity index (χ4v) is 3.24. The molecule has 26 heavy (non-hydrogen) atoms. The van der Waals surface area contributed by atoms with Crippen molar-refractivity contribution in [1.82, 2.24) is 15.2 Å². The van der Waals surface area contributed by atoms with Crippen LogP contribution in [0.4, 0.5) is 5.82 Å². The quantitative estimate of drug-likeness (QED) is 0.767. The van der Waals surface area contributed by atoms with E-state index in [9.17, 15) is 4.79 Å². The molecule has 1 amide bonds. The molecule has 2 heterocycles. The number of carbonyl (C=O) groups excluding carboxylic acids is 1. The zero-order valence-corrected chi connectivity index (χ0v) is 15.7. The second-order valence-electron chi connectivity index (χ2n) is 7.07. The summed E-state index contributed by atoms with van der Waals surface area (Å²) in [6.45, 7) is 8.76. The Labute approximate surface area is 155 Å². The molecular formula is C21H28N4O. The molecule has 1 saturated heterocycles. The van der Waals surface area contributed by atoms with E-state index in [1.54, 1.807) is 6.20 Å². The van der Waals surface area contributed by atoms with Crippen LogP contribution in [0.1, 0.15) is 34.8 Å². The third-order valence-electron chi connectivity index (χ3n) is 4.72. The number of hydrogen-bond donors (Lipinski definition) is 2. The summed E-state index contributed by atoms with van der Waals surface area (Å²) in [7, 11) is 0. The van der Waals surface area contributed by atoms with Gasteiger partial charge in [0.2, 0.25) is 0 Å². The molecule has 2 N–H and O–H groups in total. The molecule has 1 fully saturated rings. The SMILES string of the molecule is CCCNc1ncc(C(=O)NCC2CN(Cc3ccccc3)C2)cc1C. The molecule has 3 rings (SSSR count). The minimum Gasteiger partial charge on any atom is -0.370 e. The van der Waals surface area contributed by atoms with Crippen LogP contribution >= 0.6 is 0 Å². The van der Waals surface area contributed by atoms with E-state index in [0.717, 1.165) is 50.5 Å². The van der Waals surface area contributed by atoms with Crippen molar-refractivity contribution in [3.63, 3.8) is 0 Å². The van der Waals surface area contributed by atoms with Gasteiger partial charge in [-0.15, -0.1) is 0 Å². The molecule has 1 aromatic heterocycles. The molecule has 138 valence electrons. The Kier molecular flexibility index (Phi) is 6.23. The van der Waals surface area contributed by atoms with E-state index in [2.05, 4.69) is 51.7 Å². The van der Waals surface area contributed by atoms with Crippen LogP contribution in [0, 0.1) is 12.8 Å². The maximum Gasteiger partial charge on any atom is 0.252 e. The highest BCUT2D eigenvalue weighted by Crippen LogP contribution is 2.18. The first-order chi connectivity index (χ1) is 12.7. The average molecular weight is 352 g/mol. The Morgan fingerprint density at radius 1 is 1.27 bits per heavy atom. The lowest BCUT2D eigenvalue weighted by atomic mass is 9.99. The van der Waals surface area contributed by atoms with Crippen molar-refractivity contribution >= 4 is 11.7 Å². The van der Waals surface area contributed by atoms with E-state index in [1.165, 1.54) is 5.56 Å². The van der Waals surface area contributed by atoms with Gasteiger partial charge in [-0.2, -0.15) is 0 Å². The van der Waals surface area contributed by atoms with Gasteiger partial charge in [-0.3, -0.25) is 9.69 Å². The summed E-state index contributed by atoms with van der Waals surface area (Å²) in [5.41, 5.74) is 2.97. The van der Waals surface area contributed by atoms with E-state index >= 15 is 0 Å². The number of nitrogens with one attached hydrogen (secondary N) is 2. The zero-order valence-electron chi connectivity index (χ0n) is 15.7. The summed E-state index contributed by atoms with van der Waals surface area (Å²) in [5, 5.41) is 6.32. The van der Waals surface area contributed by atoms with Gasteiger partial charge < -0.3 is 10.6 Å². The molecule has 5 heteroatoms. The minimum atomic E-state index is -0.0378. The number of nitrogens with zero attached hydrogens (tertiary/aromatic N) is 2. The Hall–Kier alpha value is -2.40. The average Bonchev–Trinajstić information content (AvgIpc) is 2.63. The fraction of sp³-hybridized carbons (Fsp3) is 0.429. The molecule has 0 aliphatic carbocycles. The lowest BCUT2D eigenvalue weighted by Gasteiger charge is -2.39. The van der Waals surface area contributed by atoms with Crippen LogP contribution in [-0.4, -0.2) is 42.0 Å². The number of benzene rings is 1. The van der Waals surface area contributed by atoms with Crippen molar-refractivity contribution in [2.75, 3.05) is 31.5 Å². The van der Waals surface area contributed by atoms with E-state index in [0.29, 0.717) is 11.5 Å². The van der Waals surface area contributed by atoms with Gasteiger partial charge in [0, 0.05) is 44.8 Å². The van der Waals surface area contributed by atoms with Crippen molar-refractivity contribution < 1.29 is 4.79 Å². The molecule has 2 aromatic rings. The summed E-state index contributed by atoms with van der Waals surface area (Å²) in [6.07, 6.45) is 2.70. The Morgan fingerprint density at radius 3 is 2.73 bits per heavy atom. The lowest BCUT2D eigenvalue weighted by Crippen LogP contribution is -2.50.